The molecule has 0 aromatic heterocycles. The van der Waals surface area contributed by atoms with Crippen LogP contribution in [0.2, 0.25) is 0 Å². The van der Waals surface area contributed by atoms with E-state index in [-0.39, 0.29) is 4.90 Å². The third-order valence-electron chi connectivity index (χ3n) is 5.03. The summed E-state index contributed by atoms with van der Waals surface area (Å²) < 4.78 is 29.7. The molecule has 1 aliphatic heterocycles. The molecule has 0 saturated carbocycles. The Balaban J connectivity index is 1.75. The average Bonchev–Trinajstić information content (AvgIpc) is 2.68. The van der Waals surface area contributed by atoms with Crippen LogP contribution in [-0.2, 0) is 10.0 Å². The molecule has 146 valence electrons. The lowest BCUT2D eigenvalue weighted by atomic mass is 10.1. The highest BCUT2D eigenvalue weighted by Crippen LogP contribution is 2.34. The number of piperazine rings is 1. The first kappa shape index (κ1) is 19.2. The molecule has 0 aliphatic carbocycles. The number of halogens is 1. The zero-order valence-electron chi connectivity index (χ0n) is 15.6. The quantitative estimate of drug-likeness (QED) is 0.615. The molecular weight excluding hydrogens is 438 g/mol. The van der Waals surface area contributed by atoms with Crippen LogP contribution in [0.4, 0.5) is 11.4 Å². The number of nitrogens with zero attached hydrogens (tertiary/aromatic N) is 1. The molecule has 3 aromatic rings. The van der Waals surface area contributed by atoms with E-state index in [9.17, 15) is 8.42 Å². The molecule has 7 heteroatoms. The van der Waals surface area contributed by atoms with E-state index in [1.807, 2.05) is 30.3 Å². The third-order valence-corrected chi connectivity index (χ3v) is 7.05. The molecule has 0 bridgehead atoms. The van der Waals surface area contributed by atoms with Gasteiger partial charge in [-0.3, -0.25) is 4.72 Å². The summed E-state index contributed by atoms with van der Waals surface area (Å²) in [5, 5.41) is 5.32. The number of nitrogens with one attached hydrogen (secondary N) is 2. The molecule has 4 rings (SSSR count). The maximum absolute atomic E-state index is 13.0. The smallest absolute Gasteiger partial charge is 0.262 e. The number of fused-ring (bicyclic) bond motifs is 1. The highest BCUT2D eigenvalue weighted by atomic mass is 79.9. The summed E-state index contributed by atoms with van der Waals surface area (Å²) in [4.78, 5) is 2.63. The van der Waals surface area contributed by atoms with Gasteiger partial charge in [-0.2, -0.15) is 0 Å². The fourth-order valence-electron chi connectivity index (χ4n) is 3.67. The summed E-state index contributed by atoms with van der Waals surface area (Å²) >= 11 is 3.38. The van der Waals surface area contributed by atoms with Crippen molar-refractivity contribution in [1.82, 2.24) is 5.32 Å². The minimum absolute atomic E-state index is 0.283. The van der Waals surface area contributed by atoms with Gasteiger partial charge in [0.1, 0.15) is 0 Å². The molecule has 0 unspecified atom stereocenters. The molecule has 1 heterocycles. The molecule has 0 amide bonds. The van der Waals surface area contributed by atoms with Crippen LogP contribution >= 0.6 is 15.9 Å². The van der Waals surface area contributed by atoms with E-state index in [4.69, 9.17) is 0 Å². The van der Waals surface area contributed by atoms with Crippen molar-refractivity contribution in [2.75, 3.05) is 35.8 Å². The Bertz CT molecular complexity index is 1130. The highest BCUT2D eigenvalue weighted by molar-refractivity contribution is 9.10. The largest absolute Gasteiger partial charge is 0.368 e. The first-order valence-corrected chi connectivity index (χ1v) is 11.5. The van der Waals surface area contributed by atoms with Crippen molar-refractivity contribution in [1.29, 1.82) is 0 Å². The summed E-state index contributed by atoms with van der Waals surface area (Å²) in [7, 11) is -3.68. The van der Waals surface area contributed by atoms with Crippen molar-refractivity contribution < 1.29 is 8.42 Å². The van der Waals surface area contributed by atoms with Gasteiger partial charge in [-0.1, -0.05) is 40.2 Å². The first-order chi connectivity index (χ1) is 13.5. The van der Waals surface area contributed by atoms with Crippen molar-refractivity contribution in [3.05, 3.63) is 64.6 Å². The molecule has 3 aromatic carbocycles. The second kappa shape index (κ2) is 7.73. The first-order valence-electron chi connectivity index (χ1n) is 9.22. The number of anilines is 2. The van der Waals surface area contributed by atoms with Gasteiger partial charge in [0.25, 0.3) is 10.0 Å². The van der Waals surface area contributed by atoms with E-state index < -0.39 is 10.0 Å². The van der Waals surface area contributed by atoms with Gasteiger partial charge in [0, 0.05) is 47.1 Å². The molecule has 28 heavy (non-hydrogen) atoms. The number of aryl methyl sites for hydroxylation is 1. The van der Waals surface area contributed by atoms with Crippen LogP contribution in [0.3, 0.4) is 0 Å². The van der Waals surface area contributed by atoms with E-state index >= 15 is 0 Å². The van der Waals surface area contributed by atoms with Gasteiger partial charge >= 0.3 is 0 Å². The number of hydrogen-bond donors (Lipinski definition) is 2. The Morgan fingerprint density at radius 2 is 1.71 bits per heavy atom. The van der Waals surface area contributed by atoms with Gasteiger partial charge in [-0.25, -0.2) is 8.42 Å². The molecular formula is C21H22BrN3O2S. The summed E-state index contributed by atoms with van der Waals surface area (Å²) in [5.41, 5.74) is 2.43. The van der Waals surface area contributed by atoms with Crippen LogP contribution in [0, 0.1) is 6.92 Å². The van der Waals surface area contributed by atoms with Gasteiger partial charge in [-0.05, 0) is 42.8 Å². The van der Waals surface area contributed by atoms with Crippen LogP contribution in [0.15, 0.2) is 64.0 Å². The van der Waals surface area contributed by atoms with E-state index in [2.05, 4.69) is 36.9 Å². The zero-order chi connectivity index (χ0) is 19.7. The topological polar surface area (TPSA) is 61.4 Å². The minimum atomic E-state index is -3.68. The van der Waals surface area contributed by atoms with Crippen LogP contribution in [0.1, 0.15) is 5.56 Å². The third kappa shape index (κ3) is 3.74. The van der Waals surface area contributed by atoms with Gasteiger partial charge in [0.05, 0.1) is 10.6 Å². The lowest BCUT2D eigenvalue weighted by Crippen LogP contribution is -2.43. The Hall–Kier alpha value is -2.09. The van der Waals surface area contributed by atoms with Gasteiger partial charge in [0.2, 0.25) is 0 Å². The summed E-state index contributed by atoms with van der Waals surface area (Å²) in [6.07, 6.45) is 0. The SMILES string of the molecule is Cc1cc(Br)ccc1S(=O)(=O)Nc1ccc(N2CCNCC2)c2ccccc12. The molecule has 0 radical (unpaired) electrons. The predicted molar refractivity (Wildman–Crippen MR) is 119 cm³/mol. The van der Waals surface area contributed by atoms with Crippen molar-refractivity contribution in [2.24, 2.45) is 0 Å². The second-order valence-corrected chi connectivity index (χ2v) is 9.50. The van der Waals surface area contributed by atoms with E-state index in [1.54, 1.807) is 25.1 Å². The Morgan fingerprint density at radius 3 is 2.43 bits per heavy atom. The normalized spacial score (nSPS) is 15.0. The summed E-state index contributed by atoms with van der Waals surface area (Å²) in [6.45, 7) is 5.57. The molecule has 0 atom stereocenters. The Kier molecular flexibility index (Phi) is 5.31. The van der Waals surface area contributed by atoms with Crippen LogP contribution in [-0.4, -0.2) is 34.6 Å². The summed E-state index contributed by atoms with van der Waals surface area (Å²) in [6, 6.07) is 17.0. The molecule has 1 saturated heterocycles. The Labute approximate surface area is 173 Å². The van der Waals surface area contributed by atoms with E-state index in [0.717, 1.165) is 47.1 Å². The van der Waals surface area contributed by atoms with Crippen molar-refractivity contribution >= 4 is 48.1 Å². The zero-order valence-corrected chi connectivity index (χ0v) is 18.0. The molecule has 1 aliphatic rings. The highest BCUT2D eigenvalue weighted by Gasteiger charge is 2.20. The van der Waals surface area contributed by atoms with Gasteiger partial charge in [0.15, 0.2) is 0 Å². The number of rotatable bonds is 4. The average molecular weight is 460 g/mol. The molecule has 2 N–H and O–H groups in total. The fourth-order valence-corrected chi connectivity index (χ4v) is 5.45. The van der Waals surface area contributed by atoms with E-state index in [1.165, 1.54) is 0 Å². The van der Waals surface area contributed by atoms with E-state index in [0.29, 0.717) is 11.3 Å². The lowest BCUT2D eigenvalue weighted by Gasteiger charge is -2.30. The molecule has 1 fully saturated rings. The molecule has 0 spiro atoms. The standard InChI is InChI=1S/C21H22BrN3O2S/c1-15-14-16(22)6-9-21(15)28(26,27)24-19-7-8-20(25-12-10-23-11-13-25)18-5-3-2-4-17(18)19/h2-9,14,23-24H,10-13H2,1H3. The van der Waals surface area contributed by atoms with Gasteiger partial charge < -0.3 is 10.2 Å². The number of benzene rings is 3. The van der Waals surface area contributed by atoms with Gasteiger partial charge in [-0.15, -0.1) is 0 Å². The van der Waals surface area contributed by atoms with Crippen LogP contribution in [0.25, 0.3) is 10.8 Å². The van der Waals surface area contributed by atoms with Crippen molar-refractivity contribution in [2.45, 2.75) is 11.8 Å². The summed E-state index contributed by atoms with van der Waals surface area (Å²) in [5.74, 6) is 0. The predicted octanol–water partition coefficient (Wildman–Crippen LogP) is 4.12. The minimum Gasteiger partial charge on any atom is -0.368 e. The maximum Gasteiger partial charge on any atom is 0.262 e. The van der Waals surface area contributed by atoms with Crippen LogP contribution in [0.5, 0.6) is 0 Å². The van der Waals surface area contributed by atoms with Crippen molar-refractivity contribution in [3.8, 4) is 0 Å². The lowest BCUT2D eigenvalue weighted by molar-refractivity contribution is 0.590. The fraction of sp³-hybridized carbons (Fsp3) is 0.238. The second-order valence-electron chi connectivity index (χ2n) is 6.93. The monoisotopic (exact) mass is 459 g/mol. The Morgan fingerprint density at radius 1 is 1.00 bits per heavy atom. The van der Waals surface area contributed by atoms with Crippen molar-refractivity contribution in [3.63, 3.8) is 0 Å². The molecule has 5 nitrogen and oxygen atoms in total. The number of sulfonamides is 1. The maximum atomic E-state index is 13.0. The number of hydrogen-bond acceptors (Lipinski definition) is 4. The van der Waals surface area contributed by atoms with Crippen LogP contribution < -0.4 is 14.9 Å².